The zero-order valence-corrected chi connectivity index (χ0v) is 16.0. The van der Waals surface area contributed by atoms with Crippen LogP contribution < -0.4 is 0 Å². The lowest BCUT2D eigenvalue weighted by atomic mass is 10.1. The molecular formula is C17H19BrF3N3O2. The molecule has 0 aliphatic rings. The van der Waals surface area contributed by atoms with Crippen LogP contribution in [0, 0.1) is 0 Å². The van der Waals surface area contributed by atoms with Crippen molar-refractivity contribution in [2.24, 2.45) is 0 Å². The summed E-state index contributed by atoms with van der Waals surface area (Å²) in [5.41, 5.74) is 1.76. The number of halogens is 4. The molecule has 0 atom stereocenters. The summed E-state index contributed by atoms with van der Waals surface area (Å²) in [5, 5.41) is 4.21. The molecule has 0 unspecified atom stereocenters. The molecule has 0 aliphatic heterocycles. The summed E-state index contributed by atoms with van der Waals surface area (Å²) in [6, 6.07) is 6.41. The fourth-order valence-corrected chi connectivity index (χ4v) is 2.83. The maximum absolute atomic E-state index is 12.6. The number of hydrogen-bond donors (Lipinski definition) is 0. The molecule has 2 aromatic rings. The number of hydrogen-bond acceptors (Lipinski definition) is 3. The van der Waals surface area contributed by atoms with E-state index in [1.165, 1.54) is 4.90 Å². The first-order chi connectivity index (χ1) is 12.2. The predicted octanol–water partition coefficient (Wildman–Crippen LogP) is 4.02. The van der Waals surface area contributed by atoms with Crippen molar-refractivity contribution < 1.29 is 22.7 Å². The molecule has 0 saturated carbocycles. The third kappa shape index (κ3) is 5.57. The van der Waals surface area contributed by atoms with Crippen LogP contribution >= 0.6 is 15.9 Å². The molecule has 5 nitrogen and oxygen atoms in total. The number of amides is 1. The van der Waals surface area contributed by atoms with Crippen LogP contribution in [0.25, 0.3) is 0 Å². The normalized spacial score (nSPS) is 11.6. The lowest BCUT2D eigenvalue weighted by molar-refractivity contribution is -0.176. The van der Waals surface area contributed by atoms with Gasteiger partial charge in [-0.2, -0.15) is 18.3 Å². The SMILES string of the molecule is CCn1ncc(Br)c1CN(C)C(=O)c1cccc(COCC(F)(F)F)c1. The minimum Gasteiger partial charge on any atom is -0.367 e. The van der Waals surface area contributed by atoms with Crippen molar-refractivity contribution >= 4 is 21.8 Å². The fraction of sp³-hybridized carbons (Fsp3) is 0.412. The molecule has 0 saturated heterocycles. The Balaban J connectivity index is 2.04. The van der Waals surface area contributed by atoms with E-state index in [0.717, 1.165) is 10.2 Å². The second-order valence-electron chi connectivity index (χ2n) is 5.72. The van der Waals surface area contributed by atoms with E-state index < -0.39 is 12.8 Å². The molecule has 0 bridgehead atoms. The molecule has 0 spiro atoms. The van der Waals surface area contributed by atoms with Crippen molar-refractivity contribution in [3.05, 3.63) is 51.8 Å². The summed E-state index contributed by atoms with van der Waals surface area (Å²) in [6.45, 7) is 1.45. The predicted molar refractivity (Wildman–Crippen MR) is 93.6 cm³/mol. The monoisotopic (exact) mass is 433 g/mol. The Labute approximate surface area is 157 Å². The number of aromatic nitrogens is 2. The standard InChI is InChI=1S/C17H19BrF3N3O2/c1-3-24-15(14(18)8-22-24)9-23(2)16(25)13-6-4-5-12(7-13)10-26-11-17(19,20)21/h4-8H,3,9-11H2,1-2H3. The smallest absolute Gasteiger partial charge is 0.367 e. The van der Waals surface area contributed by atoms with Gasteiger partial charge in [0.25, 0.3) is 5.91 Å². The largest absolute Gasteiger partial charge is 0.411 e. The van der Waals surface area contributed by atoms with Gasteiger partial charge in [-0.05, 0) is 40.5 Å². The Morgan fingerprint density at radius 1 is 1.38 bits per heavy atom. The molecule has 1 heterocycles. The molecule has 0 N–H and O–H groups in total. The van der Waals surface area contributed by atoms with Gasteiger partial charge in [-0.25, -0.2) is 0 Å². The number of carbonyl (C=O) groups is 1. The third-order valence-corrected chi connectivity index (χ3v) is 4.30. The van der Waals surface area contributed by atoms with Crippen LogP contribution in [0.2, 0.25) is 0 Å². The van der Waals surface area contributed by atoms with Crippen molar-refractivity contribution in [3.63, 3.8) is 0 Å². The molecule has 0 radical (unpaired) electrons. The van der Waals surface area contributed by atoms with E-state index >= 15 is 0 Å². The highest BCUT2D eigenvalue weighted by Gasteiger charge is 2.27. The van der Waals surface area contributed by atoms with Gasteiger partial charge in [0.1, 0.15) is 6.61 Å². The highest BCUT2D eigenvalue weighted by Crippen LogP contribution is 2.19. The first-order valence-corrected chi connectivity index (χ1v) is 8.69. The Hall–Kier alpha value is -1.87. The average molecular weight is 434 g/mol. The van der Waals surface area contributed by atoms with Crippen LogP contribution in [0.15, 0.2) is 34.9 Å². The van der Waals surface area contributed by atoms with Gasteiger partial charge in [-0.15, -0.1) is 0 Å². The van der Waals surface area contributed by atoms with E-state index in [1.54, 1.807) is 42.2 Å². The molecule has 26 heavy (non-hydrogen) atoms. The van der Waals surface area contributed by atoms with Crippen molar-refractivity contribution in [3.8, 4) is 0 Å². The lowest BCUT2D eigenvalue weighted by Crippen LogP contribution is -2.27. The van der Waals surface area contributed by atoms with Crippen molar-refractivity contribution in [1.29, 1.82) is 0 Å². The summed E-state index contributed by atoms with van der Waals surface area (Å²) in [5.74, 6) is -0.238. The van der Waals surface area contributed by atoms with Crippen molar-refractivity contribution in [2.45, 2.75) is 32.8 Å². The highest BCUT2D eigenvalue weighted by molar-refractivity contribution is 9.10. The van der Waals surface area contributed by atoms with Crippen LogP contribution in [0.3, 0.4) is 0 Å². The van der Waals surface area contributed by atoms with Gasteiger partial charge >= 0.3 is 6.18 Å². The van der Waals surface area contributed by atoms with Gasteiger partial charge in [0.15, 0.2) is 0 Å². The number of alkyl halides is 3. The van der Waals surface area contributed by atoms with E-state index in [1.807, 2.05) is 6.92 Å². The van der Waals surface area contributed by atoms with Gasteiger partial charge in [0.05, 0.1) is 29.5 Å². The van der Waals surface area contributed by atoms with Crippen molar-refractivity contribution in [1.82, 2.24) is 14.7 Å². The zero-order valence-electron chi connectivity index (χ0n) is 14.4. The number of benzene rings is 1. The number of carbonyl (C=O) groups excluding carboxylic acids is 1. The first kappa shape index (κ1) is 20.4. The molecule has 0 aliphatic carbocycles. The molecule has 1 aromatic carbocycles. The minimum absolute atomic E-state index is 0.210. The van der Waals surface area contributed by atoms with Crippen LogP contribution in [-0.2, 0) is 24.4 Å². The second-order valence-corrected chi connectivity index (χ2v) is 6.58. The van der Waals surface area contributed by atoms with Crippen LogP contribution in [0.5, 0.6) is 0 Å². The summed E-state index contributed by atoms with van der Waals surface area (Å²) in [7, 11) is 1.66. The quantitative estimate of drug-likeness (QED) is 0.662. The van der Waals surface area contributed by atoms with E-state index in [9.17, 15) is 18.0 Å². The molecule has 1 aromatic heterocycles. The summed E-state index contributed by atoms with van der Waals surface area (Å²) < 4.78 is 43.7. The molecule has 1 amide bonds. The van der Waals surface area contributed by atoms with E-state index in [-0.39, 0.29) is 12.5 Å². The number of rotatable bonds is 7. The van der Waals surface area contributed by atoms with Gasteiger partial charge in [-0.1, -0.05) is 12.1 Å². The third-order valence-electron chi connectivity index (χ3n) is 3.64. The molecule has 0 fully saturated rings. The average Bonchev–Trinajstić information content (AvgIpc) is 2.93. The zero-order chi connectivity index (χ0) is 19.3. The highest BCUT2D eigenvalue weighted by atomic mass is 79.9. The number of ether oxygens (including phenoxy) is 1. The van der Waals surface area contributed by atoms with Crippen LogP contribution in [-0.4, -0.2) is 40.4 Å². The van der Waals surface area contributed by atoms with Gasteiger partial charge in [0, 0.05) is 19.2 Å². The minimum atomic E-state index is -4.37. The van der Waals surface area contributed by atoms with Crippen molar-refractivity contribution in [2.75, 3.05) is 13.7 Å². The summed E-state index contributed by atoms with van der Waals surface area (Å²) in [6.07, 6.45) is -2.70. The molecular weight excluding hydrogens is 415 g/mol. The lowest BCUT2D eigenvalue weighted by Gasteiger charge is -2.18. The maximum Gasteiger partial charge on any atom is 0.411 e. The maximum atomic E-state index is 12.6. The van der Waals surface area contributed by atoms with Crippen LogP contribution in [0.1, 0.15) is 28.5 Å². The van der Waals surface area contributed by atoms with E-state index in [0.29, 0.717) is 24.2 Å². The number of aryl methyl sites for hydroxylation is 1. The summed E-state index contributed by atoms with van der Waals surface area (Å²) >= 11 is 3.42. The Kier molecular flexibility index (Phi) is 6.82. The Morgan fingerprint density at radius 2 is 2.12 bits per heavy atom. The van der Waals surface area contributed by atoms with Gasteiger partial charge in [0.2, 0.25) is 0 Å². The fourth-order valence-electron chi connectivity index (χ4n) is 2.41. The Bertz CT molecular complexity index is 762. The van der Waals surface area contributed by atoms with Gasteiger partial charge < -0.3 is 9.64 Å². The summed E-state index contributed by atoms with van der Waals surface area (Å²) in [4.78, 5) is 14.2. The van der Waals surface area contributed by atoms with Crippen LogP contribution in [0.4, 0.5) is 13.2 Å². The van der Waals surface area contributed by atoms with E-state index in [2.05, 4.69) is 25.8 Å². The van der Waals surface area contributed by atoms with Gasteiger partial charge in [-0.3, -0.25) is 9.48 Å². The van der Waals surface area contributed by atoms with E-state index in [4.69, 9.17) is 0 Å². The number of nitrogens with zero attached hydrogens (tertiary/aromatic N) is 3. The molecule has 2 rings (SSSR count). The molecule has 142 valence electrons. The second kappa shape index (κ2) is 8.68. The topological polar surface area (TPSA) is 47.4 Å². The first-order valence-electron chi connectivity index (χ1n) is 7.90. The Morgan fingerprint density at radius 3 is 2.77 bits per heavy atom. The molecule has 9 heteroatoms.